The smallest absolute Gasteiger partial charge is 0.337 e. The zero-order valence-corrected chi connectivity index (χ0v) is 9.15. The van der Waals surface area contributed by atoms with E-state index in [9.17, 15) is 20.0 Å². The summed E-state index contributed by atoms with van der Waals surface area (Å²) in [7, 11) is 1.22. The minimum Gasteiger partial charge on any atom is -0.495 e. The van der Waals surface area contributed by atoms with Gasteiger partial charge in [-0.15, -0.1) is 0 Å². The van der Waals surface area contributed by atoms with Gasteiger partial charge in [-0.3, -0.25) is 10.1 Å². The van der Waals surface area contributed by atoms with Gasteiger partial charge < -0.3 is 14.9 Å². The molecular weight excluding hydrogens is 244 g/mol. The number of carboxylic acids is 1. The van der Waals surface area contributed by atoms with Crippen LogP contribution in [0.2, 0.25) is 0 Å². The van der Waals surface area contributed by atoms with Gasteiger partial charge in [-0.2, -0.15) is 5.26 Å². The number of benzene rings is 1. The Morgan fingerprint density at radius 3 is 2.61 bits per heavy atom. The molecule has 0 saturated heterocycles. The number of hydrogen-bond acceptors (Lipinski definition) is 6. The number of carboxylic acid groups (broad SMARTS) is 1. The van der Waals surface area contributed by atoms with Gasteiger partial charge in [-0.25, -0.2) is 4.79 Å². The van der Waals surface area contributed by atoms with Gasteiger partial charge in [0.05, 0.1) is 17.6 Å². The highest BCUT2D eigenvalue weighted by Crippen LogP contribution is 2.32. The maximum atomic E-state index is 10.8. The number of carbonyl (C=O) groups is 1. The molecule has 0 aliphatic rings. The molecule has 0 heterocycles. The minimum atomic E-state index is -2.06. The van der Waals surface area contributed by atoms with Crippen LogP contribution in [0.5, 0.6) is 5.75 Å². The topological polar surface area (TPSA) is 134 Å². The Bertz CT molecular complexity index is 548. The van der Waals surface area contributed by atoms with Crippen molar-refractivity contribution in [3.63, 3.8) is 0 Å². The van der Waals surface area contributed by atoms with Crippen molar-refractivity contribution in [3.8, 4) is 11.8 Å². The van der Waals surface area contributed by atoms with Crippen molar-refractivity contribution in [2.24, 2.45) is 0 Å². The van der Waals surface area contributed by atoms with Crippen LogP contribution < -0.4 is 4.74 Å². The normalized spacial score (nSPS) is 11.4. The summed E-state index contributed by atoms with van der Waals surface area (Å²) < 4.78 is 4.79. The van der Waals surface area contributed by atoms with E-state index in [1.165, 1.54) is 7.11 Å². The van der Waals surface area contributed by atoms with E-state index in [1.54, 1.807) is 6.07 Å². The highest BCUT2D eigenvalue weighted by Gasteiger charge is 2.28. The van der Waals surface area contributed by atoms with E-state index in [0.717, 1.165) is 12.1 Å². The third-order valence-electron chi connectivity index (χ3n) is 2.19. The van der Waals surface area contributed by atoms with Gasteiger partial charge in [0, 0.05) is 6.07 Å². The van der Waals surface area contributed by atoms with E-state index in [-0.39, 0.29) is 11.3 Å². The fraction of sp³-hybridized carbons (Fsp3) is 0.200. The van der Waals surface area contributed by atoms with E-state index in [0.29, 0.717) is 0 Å². The standard InChI is InChI=1S/C10H8N2O6/c1-18-8-3-6(9(13)10(14)15)7(12(16)17)2-5(8)4-11/h2-3,9,13H,1H3,(H,14,15). The molecule has 0 aliphatic heterocycles. The average Bonchev–Trinajstić information content (AvgIpc) is 2.35. The fourth-order valence-electron chi connectivity index (χ4n) is 1.35. The number of hydrogen-bond donors (Lipinski definition) is 2. The van der Waals surface area contributed by atoms with Gasteiger partial charge in [-0.05, 0) is 6.07 Å². The summed E-state index contributed by atoms with van der Waals surface area (Å²) in [5, 5.41) is 37.6. The van der Waals surface area contributed by atoms with Gasteiger partial charge in [-0.1, -0.05) is 0 Å². The van der Waals surface area contributed by atoms with Crippen molar-refractivity contribution in [3.05, 3.63) is 33.4 Å². The van der Waals surface area contributed by atoms with Gasteiger partial charge in [0.25, 0.3) is 5.69 Å². The van der Waals surface area contributed by atoms with Crippen LogP contribution in [0.1, 0.15) is 17.2 Å². The van der Waals surface area contributed by atoms with E-state index in [4.69, 9.17) is 15.1 Å². The largest absolute Gasteiger partial charge is 0.495 e. The zero-order chi connectivity index (χ0) is 13.9. The molecule has 0 amide bonds. The molecule has 0 saturated carbocycles. The van der Waals surface area contributed by atoms with Crippen molar-refractivity contribution < 1.29 is 24.7 Å². The van der Waals surface area contributed by atoms with Crippen LogP contribution in [0, 0.1) is 21.4 Å². The summed E-state index contributed by atoms with van der Waals surface area (Å²) in [5.41, 5.74) is -1.21. The number of nitrogens with zero attached hydrogens (tertiary/aromatic N) is 2. The number of ether oxygens (including phenoxy) is 1. The van der Waals surface area contributed by atoms with E-state index < -0.39 is 28.2 Å². The SMILES string of the molecule is COc1cc(C(O)C(=O)O)c([N+](=O)[O-])cc1C#N. The lowest BCUT2D eigenvalue weighted by Crippen LogP contribution is -2.13. The Labute approximate surface area is 101 Å². The number of aliphatic hydroxyl groups is 1. The molecule has 8 heteroatoms. The number of methoxy groups -OCH3 is 1. The molecule has 1 atom stereocenters. The van der Waals surface area contributed by atoms with Gasteiger partial charge in [0.2, 0.25) is 0 Å². The Balaban J connectivity index is 3.53. The van der Waals surface area contributed by atoms with Crippen molar-refractivity contribution >= 4 is 11.7 Å². The molecule has 0 fully saturated rings. The highest BCUT2D eigenvalue weighted by molar-refractivity contribution is 5.76. The number of nitriles is 1. The fourth-order valence-corrected chi connectivity index (χ4v) is 1.35. The maximum Gasteiger partial charge on any atom is 0.337 e. The average molecular weight is 252 g/mol. The summed E-state index contributed by atoms with van der Waals surface area (Å²) in [6, 6.07) is 3.51. The summed E-state index contributed by atoms with van der Waals surface area (Å²) >= 11 is 0. The second-order valence-electron chi connectivity index (χ2n) is 3.22. The molecule has 0 radical (unpaired) electrons. The van der Waals surface area contributed by atoms with Crippen molar-refractivity contribution in [2.45, 2.75) is 6.10 Å². The second-order valence-corrected chi connectivity index (χ2v) is 3.22. The van der Waals surface area contributed by atoms with Gasteiger partial charge in [0.1, 0.15) is 17.4 Å². The summed E-state index contributed by atoms with van der Waals surface area (Å²) in [5.74, 6) is -1.68. The van der Waals surface area contributed by atoms with Crippen LogP contribution in [-0.2, 0) is 4.79 Å². The van der Waals surface area contributed by atoms with Crippen LogP contribution in [0.25, 0.3) is 0 Å². The number of aliphatic hydroxyl groups excluding tert-OH is 1. The Morgan fingerprint density at radius 1 is 1.61 bits per heavy atom. The monoisotopic (exact) mass is 252 g/mol. The Kier molecular flexibility index (Phi) is 3.81. The lowest BCUT2D eigenvalue weighted by molar-refractivity contribution is -0.386. The first kappa shape index (κ1) is 13.4. The molecule has 0 aliphatic carbocycles. The molecule has 1 rings (SSSR count). The van der Waals surface area contributed by atoms with Gasteiger partial charge in [0.15, 0.2) is 6.10 Å². The predicted molar refractivity (Wildman–Crippen MR) is 57.0 cm³/mol. The van der Waals surface area contributed by atoms with E-state index in [1.807, 2.05) is 0 Å². The van der Waals surface area contributed by atoms with Crippen LogP contribution in [0.3, 0.4) is 0 Å². The quantitative estimate of drug-likeness (QED) is 0.591. The van der Waals surface area contributed by atoms with Gasteiger partial charge >= 0.3 is 5.97 Å². The molecule has 94 valence electrons. The molecule has 0 aromatic heterocycles. The molecule has 1 aromatic rings. The molecule has 18 heavy (non-hydrogen) atoms. The Morgan fingerprint density at radius 2 is 2.22 bits per heavy atom. The third kappa shape index (κ3) is 2.36. The molecule has 0 bridgehead atoms. The lowest BCUT2D eigenvalue weighted by Gasteiger charge is -2.09. The van der Waals surface area contributed by atoms with E-state index in [2.05, 4.69) is 0 Å². The summed E-state index contributed by atoms with van der Waals surface area (Å²) in [6.07, 6.45) is -2.06. The number of nitro benzene ring substituents is 1. The molecule has 1 unspecified atom stereocenters. The van der Waals surface area contributed by atoms with Crippen LogP contribution in [0.4, 0.5) is 5.69 Å². The maximum absolute atomic E-state index is 10.8. The molecule has 2 N–H and O–H groups in total. The van der Waals surface area contributed by atoms with Crippen LogP contribution in [0.15, 0.2) is 12.1 Å². The first-order valence-corrected chi connectivity index (χ1v) is 4.59. The van der Waals surface area contributed by atoms with Crippen LogP contribution in [-0.4, -0.2) is 28.2 Å². The number of aliphatic carboxylic acids is 1. The van der Waals surface area contributed by atoms with Crippen LogP contribution >= 0.6 is 0 Å². The number of nitro groups is 1. The summed E-state index contributed by atoms with van der Waals surface area (Å²) in [4.78, 5) is 20.5. The highest BCUT2D eigenvalue weighted by atomic mass is 16.6. The molecular formula is C10H8N2O6. The van der Waals surface area contributed by atoms with Crippen molar-refractivity contribution in [2.75, 3.05) is 7.11 Å². The van der Waals surface area contributed by atoms with E-state index >= 15 is 0 Å². The number of rotatable bonds is 4. The first-order chi connectivity index (χ1) is 8.42. The van der Waals surface area contributed by atoms with Crippen molar-refractivity contribution in [1.29, 1.82) is 5.26 Å². The minimum absolute atomic E-state index is 0.0431. The lowest BCUT2D eigenvalue weighted by atomic mass is 10.0. The Hall–Kier alpha value is -2.66. The molecule has 1 aromatic carbocycles. The van der Waals surface area contributed by atoms with Crippen molar-refractivity contribution in [1.82, 2.24) is 0 Å². The molecule has 0 spiro atoms. The first-order valence-electron chi connectivity index (χ1n) is 4.59. The second kappa shape index (κ2) is 5.11. The molecule has 8 nitrogen and oxygen atoms in total. The third-order valence-corrected chi connectivity index (χ3v) is 2.19. The summed E-state index contributed by atoms with van der Waals surface area (Å²) in [6.45, 7) is 0. The predicted octanol–water partition coefficient (Wildman–Crippen LogP) is 0.593. The zero-order valence-electron chi connectivity index (χ0n) is 9.15.